The third-order valence-corrected chi connectivity index (χ3v) is 4.14. The zero-order valence-corrected chi connectivity index (χ0v) is 14.7. The lowest BCUT2D eigenvalue weighted by Gasteiger charge is -2.06. The molecule has 0 saturated carbocycles. The second-order valence-electron chi connectivity index (χ2n) is 5.46. The van der Waals surface area contributed by atoms with Crippen LogP contribution in [0.25, 0.3) is 0 Å². The number of pyridine rings is 1. The highest BCUT2D eigenvalue weighted by molar-refractivity contribution is 6.35. The van der Waals surface area contributed by atoms with Gasteiger partial charge in [0.1, 0.15) is 0 Å². The van der Waals surface area contributed by atoms with E-state index in [2.05, 4.69) is 24.4 Å². The Labute approximate surface area is 147 Å². The fourth-order valence-corrected chi connectivity index (χ4v) is 2.83. The zero-order chi connectivity index (χ0) is 16.7. The summed E-state index contributed by atoms with van der Waals surface area (Å²) in [5.41, 5.74) is 2.27. The van der Waals surface area contributed by atoms with Gasteiger partial charge in [-0.05, 0) is 36.1 Å². The molecule has 0 aliphatic heterocycles. The lowest BCUT2D eigenvalue weighted by molar-refractivity contribution is -0.684. The van der Waals surface area contributed by atoms with Crippen LogP contribution in [-0.2, 0) is 24.2 Å². The summed E-state index contributed by atoms with van der Waals surface area (Å²) >= 11 is 12.0. The first-order valence-corrected chi connectivity index (χ1v) is 8.52. The molecule has 0 fully saturated rings. The van der Waals surface area contributed by atoms with Crippen LogP contribution in [0.5, 0.6) is 0 Å². The number of aromatic nitrogens is 1. The van der Waals surface area contributed by atoms with Crippen LogP contribution >= 0.6 is 23.2 Å². The third kappa shape index (κ3) is 5.85. The SMILES string of the molecule is CCCc1cc[n+](CC(=O)NCCc2ccc(Cl)cc2Cl)cc1. The van der Waals surface area contributed by atoms with Crippen LogP contribution in [-0.4, -0.2) is 12.5 Å². The molecule has 5 heteroatoms. The van der Waals surface area contributed by atoms with Crippen molar-refractivity contribution in [3.8, 4) is 0 Å². The first-order chi connectivity index (χ1) is 11.1. The summed E-state index contributed by atoms with van der Waals surface area (Å²) in [6, 6.07) is 9.53. The quantitative estimate of drug-likeness (QED) is 0.759. The Morgan fingerprint density at radius 3 is 2.52 bits per heavy atom. The Morgan fingerprint density at radius 2 is 1.87 bits per heavy atom. The summed E-state index contributed by atoms with van der Waals surface area (Å²) in [5.74, 6) is -0.0108. The van der Waals surface area contributed by atoms with Gasteiger partial charge in [0.15, 0.2) is 12.4 Å². The molecule has 1 heterocycles. The van der Waals surface area contributed by atoms with E-state index < -0.39 is 0 Å². The normalized spacial score (nSPS) is 10.6. The van der Waals surface area contributed by atoms with Crippen molar-refractivity contribution in [2.45, 2.75) is 32.7 Å². The zero-order valence-electron chi connectivity index (χ0n) is 13.2. The topological polar surface area (TPSA) is 33.0 Å². The molecule has 1 aromatic heterocycles. The van der Waals surface area contributed by atoms with Crippen molar-refractivity contribution < 1.29 is 9.36 Å². The predicted molar refractivity (Wildman–Crippen MR) is 93.8 cm³/mol. The first kappa shape index (κ1) is 17.8. The summed E-state index contributed by atoms with van der Waals surface area (Å²) in [4.78, 5) is 12.0. The van der Waals surface area contributed by atoms with E-state index >= 15 is 0 Å². The molecule has 0 radical (unpaired) electrons. The summed E-state index contributed by atoms with van der Waals surface area (Å²) in [5, 5.41) is 4.16. The number of rotatable bonds is 7. The van der Waals surface area contributed by atoms with Gasteiger partial charge in [-0.25, -0.2) is 0 Å². The maximum absolute atomic E-state index is 12.0. The molecular formula is C18H21Cl2N2O+. The van der Waals surface area contributed by atoms with Crippen LogP contribution in [0.3, 0.4) is 0 Å². The minimum absolute atomic E-state index is 0.0108. The highest BCUT2D eigenvalue weighted by Gasteiger charge is 2.09. The molecule has 3 nitrogen and oxygen atoms in total. The molecule has 23 heavy (non-hydrogen) atoms. The lowest BCUT2D eigenvalue weighted by atomic mass is 10.1. The van der Waals surface area contributed by atoms with Gasteiger partial charge in [-0.3, -0.25) is 4.79 Å². The van der Waals surface area contributed by atoms with Crippen LogP contribution in [0.1, 0.15) is 24.5 Å². The molecule has 1 N–H and O–H groups in total. The van der Waals surface area contributed by atoms with E-state index in [4.69, 9.17) is 23.2 Å². The number of benzene rings is 1. The molecule has 0 bridgehead atoms. The maximum atomic E-state index is 12.0. The number of nitrogens with one attached hydrogen (secondary N) is 1. The summed E-state index contributed by atoms with van der Waals surface area (Å²) in [6.45, 7) is 3.02. The van der Waals surface area contributed by atoms with E-state index in [9.17, 15) is 4.79 Å². The number of hydrogen-bond acceptors (Lipinski definition) is 1. The van der Waals surface area contributed by atoms with Crippen LogP contribution < -0.4 is 9.88 Å². The Morgan fingerprint density at radius 1 is 1.13 bits per heavy atom. The van der Waals surface area contributed by atoms with Crippen molar-refractivity contribution in [3.63, 3.8) is 0 Å². The van der Waals surface area contributed by atoms with Crippen molar-refractivity contribution in [1.82, 2.24) is 5.32 Å². The molecular weight excluding hydrogens is 331 g/mol. The number of aryl methyl sites for hydroxylation is 1. The molecule has 0 atom stereocenters. The van der Waals surface area contributed by atoms with Gasteiger partial charge in [-0.15, -0.1) is 0 Å². The van der Waals surface area contributed by atoms with Gasteiger partial charge in [0, 0.05) is 28.7 Å². The Hall–Kier alpha value is -1.58. The molecule has 2 aromatic rings. The van der Waals surface area contributed by atoms with E-state index in [1.54, 1.807) is 12.1 Å². The van der Waals surface area contributed by atoms with E-state index in [1.165, 1.54) is 5.56 Å². The first-order valence-electron chi connectivity index (χ1n) is 7.77. The number of halogens is 2. The number of hydrogen-bond donors (Lipinski definition) is 1. The van der Waals surface area contributed by atoms with E-state index in [0.717, 1.165) is 18.4 Å². The molecule has 1 amide bonds. The second-order valence-corrected chi connectivity index (χ2v) is 6.31. The van der Waals surface area contributed by atoms with Crippen molar-refractivity contribution in [3.05, 3.63) is 63.9 Å². The minimum atomic E-state index is -0.0108. The second kappa shape index (κ2) is 8.90. The smallest absolute Gasteiger partial charge is 0.285 e. The summed E-state index contributed by atoms with van der Waals surface area (Å²) in [7, 11) is 0. The van der Waals surface area contributed by atoms with Crippen LogP contribution in [0.4, 0.5) is 0 Å². The Balaban J connectivity index is 1.78. The number of carbonyl (C=O) groups is 1. The summed E-state index contributed by atoms with van der Waals surface area (Å²) < 4.78 is 1.88. The van der Waals surface area contributed by atoms with Crippen LogP contribution in [0.2, 0.25) is 10.0 Å². The number of nitrogens with zero attached hydrogens (tertiary/aromatic N) is 1. The lowest BCUT2D eigenvalue weighted by Crippen LogP contribution is -2.42. The van der Waals surface area contributed by atoms with E-state index in [-0.39, 0.29) is 5.91 Å². The fourth-order valence-electron chi connectivity index (χ4n) is 2.33. The average Bonchev–Trinajstić information content (AvgIpc) is 2.52. The van der Waals surface area contributed by atoms with E-state index in [0.29, 0.717) is 29.6 Å². The third-order valence-electron chi connectivity index (χ3n) is 3.56. The molecule has 0 aliphatic rings. The van der Waals surface area contributed by atoms with Gasteiger partial charge in [0.2, 0.25) is 6.54 Å². The van der Waals surface area contributed by atoms with E-state index in [1.807, 2.05) is 23.0 Å². The van der Waals surface area contributed by atoms with Gasteiger partial charge >= 0.3 is 0 Å². The molecule has 0 unspecified atom stereocenters. The monoisotopic (exact) mass is 351 g/mol. The highest BCUT2D eigenvalue weighted by atomic mass is 35.5. The van der Waals surface area contributed by atoms with Crippen LogP contribution in [0.15, 0.2) is 42.7 Å². The van der Waals surface area contributed by atoms with Gasteiger partial charge in [-0.1, -0.05) is 42.6 Å². The average molecular weight is 352 g/mol. The predicted octanol–water partition coefficient (Wildman–Crippen LogP) is 3.59. The molecule has 0 spiro atoms. The molecule has 0 saturated heterocycles. The van der Waals surface area contributed by atoms with Gasteiger partial charge in [0.25, 0.3) is 5.91 Å². The largest absolute Gasteiger partial charge is 0.350 e. The van der Waals surface area contributed by atoms with Crippen LogP contribution in [0, 0.1) is 0 Å². The van der Waals surface area contributed by atoms with Crippen molar-refractivity contribution >= 4 is 29.1 Å². The van der Waals surface area contributed by atoms with Crippen molar-refractivity contribution in [2.24, 2.45) is 0 Å². The van der Waals surface area contributed by atoms with Gasteiger partial charge < -0.3 is 5.32 Å². The fraction of sp³-hybridized carbons (Fsp3) is 0.333. The molecule has 0 aliphatic carbocycles. The molecule has 2 rings (SSSR count). The Bertz CT molecular complexity index is 657. The van der Waals surface area contributed by atoms with Crippen molar-refractivity contribution in [1.29, 1.82) is 0 Å². The minimum Gasteiger partial charge on any atom is -0.350 e. The van der Waals surface area contributed by atoms with Gasteiger partial charge in [-0.2, -0.15) is 4.57 Å². The molecule has 1 aromatic carbocycles. The molecule has 122 valence electrons. The summed E-state index contributed by atoms with van der Waals surface area (Å²) in [6.07, 6.45) is 6.76. The maximum Gasteiger partial charge on any atom is 0.285 e. The highest BCUT2D eigenvalue weighted by Crippen LogP contribution is 2.20. The Kier molecular flexibility index (Phi) is 6.87. The standard InChI is InChI=1S/C18H20Cl2N2O/c1-2-3-14-7-10-22(11-8-14)13-18(23)21-9-6-15-4-5-16(19)12-17(15)20/h4-5,7-8,10-12H,2-3,6,9,13H2,1H3/p+1. The van der Waals surface area contributed by atoms with Gasteiger partial charge in [0.05, 0.1) is 0 Å². The number of amides is 1. The van der Waals surface area contributed by atoms with Crippen molar-refractivity contribution in [2.75, 3.05) is 6.54 Å². The number of carbonyl (C=O) groups excluding carboxylic acids is 1.